The second-order valence-electron chi connectivity index (χ2n) is 3.60. The second-order valence-corrected chi connectivity index (χ2v) is 3.60. The van der Waals surface area contributed by atoms with Gasteiger partial charge < -0.3 is 9.80 Å². The molecule has 0 aromatic rings. The number of halogens is 1. The van der Waals surface area contributed by atoms with E-state index in [1.165, 1.54) is 51.9 Å². The molecule has 2 aliphatic rings. The summed E-state index contributed by atoms with van der Waals surface area (Å²) in [6, 6.07) is 0. The molecule has 0 radical (unpaired) electrons. The third-order valence-electron chi connectivity index (χ3n) is 2.61. The summed E-state index contributed by atoms with van der Waals surface area (Å²) in [4.78, 5) is 4.93. The van der Waals surface area contributed by atoms with Gasteiger partial charge in [0.25, 0.3) is 0 Å². The molecule has 2 fully saturated rings. The van der Waals surface area contributed by atoms with Crippen LogP contribution in [0.25, 0.3) is 0 Å². The summed E-state index contributed by atoms with van der Waals surface area (Å²) >= 11 is 1.75. The van der Waals surface area contributed by atoms with Gasteiger partial charge in [0.05, 0.1) is 0 Å². The summed E-state index contributed by atoms with van der Waals surface area (Å²) < 4.78 is 0. The van der Waals surface area contributed by atoms with Crippen LogP contribution in [0.1, 0.15) is 25.7 Å². The Hall–Kier alpha value is 0.950. The van der Waals surface area contributed by atoms with E-state index in [0.29, 0.717) is 0 Å². The molecule has 0 atom stereocenters. The summed E-state index contributed by atoms with van der Waals surface area (Å²) in [6.07, 6.45) is 5.57. The Morgan fingerprint density at radius 3 is 1.38 bits per heavy atom. The molecule has 0 amide bonds. The molecule has 0 unspecified atom stereocenters. The van der Waals surface area contributed by atoms with Gasteiger partial charge in [-0.2, -0.15) is 0 Å². The van der Waals surface area contributed by atoms with Crippen LogP contribution < -0.4 is 0 Å². The van der Waals surface area contributed by atoms with Crippen molar-refractivity contribution in [2.75, 3.05) is 26.2 Å². The van der Waals surface area contributed by atoms with Crippen molar-refractivity contribution >= 4 is 9.19 Å². The van der Waals surface area contributed by atoms with Crippen molar-refractivity contribution in [1.82, 2.24) is 9.80 Å². The van der Waals surface area contributed by atoms with Crippen molar-refractivity contribution in [3.05, 3.63) is 6.67 Å². The van der Waals surface area contributed by atoms with E-state index >= 15 is 0 Å². The number of rotatable bonds is 2. The van der Waals surface area contributed by atoms with Crippen molar-refractivity contribution in [1.29, 1.82) is 0 Å². The van der Waals surface area contributed by atoms with E-state index in [2.05, 4.69) is 25.7 Å². The molecular formula is C9H17AuClN2-. The Morgan fingerprint density at radius 1 is 0.769 bits per heavy atom. The fraction of sp³-hybridized carbons (Fsp3) is 0.889. The van der Waals surface area contributed by atoms with Crippen LogP contribution in [0, 0.1) is 6.67 Å². The molecule has 2 aliphatic heterocycles. The van der Waals surface area contributed by atoms with Gasteiger partial charge >= 0.3 is 29.2 Å². The molecule has 0 saturated carbocycles. The Labute approximate surface area is 97.3 Å². The number of hydrogen-bond acceptors (Lipinski definition) is 2. The summed E-state index contributed by atoms with van der Waals surface area (Å²) in [7, 11) is 4.58. The van der Waals surface area contributed by atoms with Crippen molar-refractivity contribution in [2.45, 2.75) is 25.7 Å². The molecule has 0 aliphatic carbocycles. The molecule has 82 valence electrons. The maximum atomic E-state index is 4.58. The van der Waals surface area contributed by atoms with Gasteiger partial charge in [0.2, 0.25) is 0 Å². The fourth-order valence-corrected chi connectivity index (χ4v) is 1.95. The summed E-state index contributed by atoms with van der Waals surface area (Å²) in [6.45, 7) is 7.50. The number of hydrogen-bond donors (Lipinski definition) is 0. The zero-order chi connectivity index (χ0) is 9.52. The predicted molar refractivity (Wildman–Crippen MR) is 51.8 cm³/mol. The predicted octanol–water partition coefficient (Wildman–Crippen LogP) is 1.98. The molecule has 0 bridgehead atoms. The van der Waals surface area contributed by atoms with E-state index in [1.807, 2.05) is 0 Å². The quantitative estimate of drug-likeness (QED) is 0.530. The summed E-state index contributed by atoms with van der Waals surface area (Å²) in [5, 5.41) is 0. The standard InChI is InChI=1S/C9H17N2.Au.ClH/c1-2-6-10(5-1)9-11-7-3-4-8-11;;/h9H,1-8H2;;1H/q-1;+1;/p-1. The molecule has 0 aromatic carbocycles. The van der Waals surface area contributed by atoms with Crippen LogP contribution >= 0.6 is 9.19 Å². The van der Waals surface area contributed by atoms with Crippen LogP contribution in [0.5, 0.6) is 0 Å². The Balaban J connectivity index is 0.000000396. The van der Waals surface area contributed by atoms with Gasteiger partial charge in [0.15, 0.2) is 0 Å². The normalized spacial score (nSPS) is 24.5. The van der Waals surface area contributed by atoms with Gasteiger partial charge in [0, 0.05) is 0 Å². The molecule has 4 heteroatoms. The Morgan fingerprint density at radius 2 is 1.08 bits per heavy atom. The van der Waals surface area contributed by atoms with Crippen molar-refractivity contribution in [3.8, 4) is 0 Å². The zero-order valence-electron chi connectivity index (χ0n) is 7.81. The van der Waals surface area contributed by atoms with Crippen LogP contribution in [0.3, 0.4) is 0 Å². The van der Waals surface area contributed by atoms with Crippen molar-refractivity contribution < 1.29 is 20.0 Å². The molecule has 0 N–H and O–H groups in total. The summed E-state index contributed by atoms with van der Waals surface area (Å²) in [5.41, 5.74) is 0. The minimum absolute atomic E-state index is 1.29. The number of likely N-dealkylation sites (tertiary alicyclic amines) is 2. The topological polar surface area (TPSA) is 6.48 Å². The van der Waals surface area contributed by atoms with Crippen LogP contribution in [0.15, 0.2) is 0 Å². The molecule has 2 saturated heterocycles. The van der Waals surface area contributed by atoms with Gasteiger partial charge in [-0.25, -0.2) is 6.67 Å². The molecule has 2 heterocycles. The molecule has 0 spiro atoms. The Kier molecular flexibility index (Phi) is 6.72. The maximum absolute atomic E-state index is 4.58. The van der Waals surface area contributed by atoms with E-state index in [0.717, 1.165) is 0 Å². The molecule has 13 heavy (non-hydrogen) atoms. The van der Waals surface area contributed by atoms with E-state index in [9.17, 15) is 0 Å². The van der Waals surface area contributed by atoms with Crippen LogP contribution in [-0.4, -0.2) is 36.0 Å². The first-order valence-electron chi connectivity index (χ1n) is 4.90. The Bertz CT molecular complexity index is 109. The van der Waals surface area contributed by atoms with Crippen LogP contribution in [-0.2, 0) is 20.0 Å². The minimum atomic E-state index is 1.29. The van der Waals surface area contributed by atoms with E-state index in [4.69, 9.17) is 0 Å². The van der Waals surface area contributed by atoms with Gasteiger partial charge in [-0.3, -0.25) is 0 Å². The van der Waals surface area contributed by atoms with Crippen LogP contribution in [0.2, 0.25) is 0 Å². The fourth-order valence-electron chi connectivity index (χ4n) is 1.95. The summed E-state index contributed by atoms with van der Waals surface area (Å²) in [5.74, 6) is 0. The second kappa shape index (κ2) is 7.27. The van der Waals surface area contributed by atoms with Crippen molar-refractivity contribution in [3.63, 3.8) is 0 Å². The molecule has 0 aromatic heterocycles. The first-order valence-corrected chi connectivity index (χ1v) is 7.58. The third kappa shape index (κ3) is 4.32. The average molecular weight is 386 g/mol. The van der Waals surface area contributed by atoms with Crippen molar-refractivity contribution in [2.24, 2.45) is 0 Å². The molecule has 2 nitrogen and oxygen atoms in total. The number of nitrogens with zero attached hydrogens (tertiary/aromatic N) is 2. The average Bonchev–Trinajstić information content (AvgIpc) is 2.81. The first-order chi connectivity index (χ1) is 6.45. The van der Waals surface area contributed by atoms with Gasteiger partial charge in [-0.1, -0.05) is 0 Å². The molecule has 2 rings (SSSR count). The van der Waals surface area contributed by atoms with Gasteiger partial charge in [-0.15, -0.1) is 0 Å². The monoisotopic (exact) mass is 385 g/mol. The molecular weight excluding hydrogens is 369 g/mol. The van der Waals surface area contributed by atoms with Crippen LogP contribution in [0.4, 0.5) is 0 Å². The SMILES string of the molecule is [CH-](N1CCCC1)N1CCCC1.[Cl][Au]. The first kappa shape index (κ1) is 12.0. The van der Waals surface area contributed by atoms with Gasteiger partial charge in [0.1, 0.15) is 0 Å². The van der Waals surface area contributed by atoms with Gasteiger partial charge in [-0.05, 0) is 51.9 Å². The van der Waals surface area contributed by atoms with E-state index in [-0.39, 0.29) is 0 Å². The van der Waals surface area contributed by atoms with E-state index < -0.39 is 0 Å². The third-order valence-corrected chi connectivity index (χ3v) is 2.61. The zero-order valence-corrected chi connectivity index (χ0v) is 10.7. The van der Waals surface area contributed by atoms with E-state index in [1.54, 1.807) is 20.0 Å².